The van der Waals surface area contributed by atoms with Gasteiger partial charge in [0, 0.05) is 11.8 Å². The lowest BCUT2D eigenvalue weighted by Crippen LogP contribution is -2.18. The minimum atomic E-state index is -4.37. The molecule has 3 rings (SSSR count). The van der Waals surface area contributed by atoms with E-state index >= 15 is 0 Å². The van der Waals surface area contributed by atoms with Gasteiger partial charge in [0.15, 0.2) is 0 Å². The summed E-state index contributed by atoms with van der Waals surface area (Å²) in [7, 11) is 0. The normalized spacial score (nSPS) is 11.6. The number of carbonyl (C=O) groups excluding carboxylic acids is 1. The molecule has 0 spiro atoms. The van der Waals surface area contributed by atoms with E-state index in [0.29, 0.717) is 12.1 Å². The molecule has 3 aromatic rings. The summed E-state index contributed by atoms with van der Waals surface area (Å²) in [5.41, 5.74) is 3.47. The summed E-state index contributed by atoms with van der Waals surface area (Å²) < 4.78 is 40.6. The summed E-state index contributed by atoms with van der Waals surface area (Å²) in [5.74, 6) is -0.424. The van der Waals surface area contributed by atoms with Gasteiger partial charge in [-0.2, -0.15) is 23.4 Å². The number of aryl methyl sites for hydroxylation is 1. The monoisotopic (exact) mass is 455 g/mol. The molecule has 0 fully saturated rings. The Bertz CT molecular complexity index is 992. The van der Waals surface area contributed by atoms with Crippen molar-refractivity contribution in [3.63, 3.8) is 0 Å². The van der Waals surface area contributed by atoms with E-state index < -0.39 is 18.6 Å². The molecule has 1 aromatic carbocycles. The predicted octanol–water partition coefficient (Wildman–Crippen LogP) is 4.32. The fourth-order valence-corrected chi connectivity index (χ4v) is 2.95. The molecule has 2 aromatic heterocycles. The Morgan fingerprint density at radius 3 is 2.46 bits per heavy atom. The molecule has 0 aliphatic heterocycles. The summed E-state index contributed by atoms with van der Waals surface area (Å²) >= 11 is 3.49. The molecule has 0 saturated heterocycles. The van der Waals surface area contributed by atoms with Crippen molar-refractivity contribution >= 4 is 27.5 Å². The summed E-state index contributed by atoms with van der Waals surface area (Å²) in [4.78, 5) is 12.3. The highest BCUT2D eigenvalue weighted by Crippen LogP contribution is 2.21. The molecule has 0 bridgehead atoms. The van der Waals surface area contributed by atoms with E-state index in [0.717, 1.165) is 32.3 Å². The Balaban J connectivity index is 1.64. The average Bonchev–Trinajstić information content (AvgIpc) is 3.14. The van der Waals surface area contributed by atoms with Gasteiger partial charge in [0.1, 0.15) is 6.54 Å². The predicted molar refractivity (Wildman–Crippen MR) is 101 cm³/mol. The number of hydrogen-bond donors (Lipinski definition) is 1. The third-order valence-electron chi connectivity index (χ3n) is 4.07. The number of aromatic nitrogens is 4. The van der Waals surface area contributed by atoms with Crippen molar-refractivity contribution in [2.75, 3.05) is 5.32 Å². The van der Waals surface area contributed by atoms with Crippen LogP contribution < -0.4 is 5.32 Å². The van der Waals surface area contributed by atoms with Crippen LogP contribution in [0.25, 0.3) is 0 Å². The third-order valence-corrected chi connectivity index (χ3v) is 5.22. The number of nitrogens with zero attached hydrogens (tertiary/aromatic N) is 4. The van der Waals surface area contributed by atoms with E-state index in [-0.39, 0.29) is 5.69 Å². The smallest absolute Gasteiger partial charge is 0.319 e. The van der Waals surface area contributed by atoms with E-state index in [9.17, 15) is 18.0 Å². The van der Waals surface area contributed by atoms with Crippen LogP contribution in [0.4, 0.5) is 18.9 Å². The molecule has 0 aliphatic rings. The van der Waals surface area contributed by atoms with Gasteiger partial charge in [-0.05, 0) is 47.5 Å². The number of rotatable bonds is 5. The van der Waals surface area contributed by atoms with Crippen LogP contribution in [0.1, 0.15) is 27.3 Å². The minimum Gasteiger partial charge on any atom is -0.319 e. The van der Waals surface area contributed by atoms with Gasteiger partial charge in [-0.3, -0.25) is 14.2 Å². The molecule has 0 radical (unpaired) electrons. The van der Waals surface area contributed by atoms with Gasteiger partial charge in [0.05, 0.1) is 34.3 Å². The largest absolute Gasteiger partial charge is 0.408 e. The van der Waals surface area contributed by atoms with E-state index in [1.165, 1.54) is 6.20 Å². The van der Waals surface area contributed by atoms with Crippen molar-refractivity contribution in [3.05, 3.63) is 63.6 Å². The van der Waals surface area contributed by atoms with E-state index in [2.05, 4.69) is 31.4 Å². The first-order chi connectivity index (χ1) is 13.1. The van der Waals surface area contributed by atoms with Crippen molar-refractivity contribution in [2.24, 2.45) is 0 Å². The standard InChI is InChI=1S/C18H17BrF3N5O/c1-11-16(19)12(2)27(25-11)8-13-3-5-14(6-4-13)17(28)24-15-7-23-26(9-15)10-18(20,21)22/h3-7,9H,8,10H2,1-2H3,(H,24,28). The molecule has 6 nitrogen and oxygen atoms in total. The van der Waals surface area contributed by atoms with Crippen molar-refractivity contribution < 1.29 is 18.0 Å². The van der Waals surface area contributed by atoms with Crippen LogP contribution in [0.15, 0.2) is 41.1 Å². The number of carbonyl (C=O) groups is 1. The Labute approximate surface area is 167 Å². The Morgan fingerprint density at radius 2 is 1.89 bits per heavy atom. The van der Waals surface area contributed by atoms with Crippen LogP contribution in [-0.2, 0) is 13.1 Å². The molecular weight excluding hydrogens is 439 g/mol. The molecular formula is C18H17BrF3N5O. The lowest BCUT2D eigenvalue weighted by atomic mass is 10.1. The Kier molecular flexibility index (Phi) is 5.59. The van der Waals surface area contributed by atoms with Crippen LogP contribution in [0.5, 0.6) is 0 Å². The zero-order valence-electron chi connectivity index (χ0n) is 15.1. The number of hydrogen-bond acceptors (Lipinski definition) is 3. The second-order valence-electron chi connectivity index (χ2n) is 6.34. The van der Waals surface area contributed by atoms with Gasteiger partial charge >= 0.3 is 6.18 Å². The van der Waals surface area contributed by atoms with Gasteiger partial charge in [-0.15, -0.1) is 0 Å². The number of halogens is 4. The lowest BCUT2D eigenvalue weighted by Gasteiger charge is -2.07. The lowest BCUT2D eigenvalue weighted by molar-refractivity contribution is -0.142. The first-order valence-electron chi connectivity index (χ1n) is 8.31. The van der Waals surface area contributed by atoms with Gasteiger partial charge in [0.25, 0.3) is 5.91 Å². The number of alkyl halides is 3. The molecule has 1 N–H and O–H groups in total. The molecule has 10 heteroatoms. The van der Waals surface area contributed by atoms with Crippen LogP contribution >= 0.6 is 15.9 Å². The molecule has 0 unspecified atom stereocenters. The van der Waals surface area contributed by atoms with Crippen molar-refractivity contribution in [1.29, 1.82) is 0 Å². The fourth-order valence-electron chi connectivity index (χ4n) is 2.67. The van der Waals surface area contributed by atoms with Crippen LogP contribution in [0.2, 0.25) is 0 Å². The van der Waals surface area contributed by atoms with Crippen LogP contribution in [-0.4, -0.2) is 31.6 Å². The maximum absolute atomic E-state index is 12.4. The van der Waals surface area contributed by atoms with E-state index in [4.69, 9.17) is 0 Å². The maximum Gasteiger partial charge on any atom is 0.408 e. The van der Waals surface area contributed by atoms with Crippen molar-refractivity contribution in [3.8, 4) is 0 Å². The molecule has 0 atom stereocenters. The van der Waals surface area contributed by atoms with Crippen LogP contribution in [0, 0.1) is 13.8 Å². The first-order valence-corrected chi connectivity index (χ1v) is 9.10. The summed E-state index contributed by atoms with van der Waals surface area (Å²) in [6, 6.07) is 6.94. The zero-order valence-corrected chi connectivity index (χ0v) is 16.7. The first kappa shape index (κ1) is 20.1. The molecule has 2 heterocycles. The molecule has 0 aliphatic carbocycles. The highest BCUT2D eigenvalue weighted by molar-refractivity contribution is 9.10. The SMILES string of the molecule is Cc1nn(Cc2ccc(C(=O)Nc3cnn(CC(F)(F)F)c3)cc2)c(C)c1Br. The molecule has 148 valence electrons. The molecule has 28 heavy (non-hydrogen) atoms. The fraction of sp³-hybridized carbons (Fsp3) is 0.278. The maximum atomic E-state index is 12.4. The number of amides is 1. The number of anilines is 1. The topological polar surface area (TPSA) is 64.7 Å². The number of benzene rings is 1. The van der Waals surface area contributed by atoms with Gasteiger partial charge in [-0.25, -0.2) is 0 Å². The number of nitrogens with one attached hydrogen (secondary N) is 1. The average molecular weight is 456 g/mol. The van der Waals surface area contributed by atoms with Crippen molar-refractivity contribution in [2.45, 2.75) is 33.1 Å². The van der Waals surface area contributed by atoms with Gasteiger partial charge in [-0.1, -0.05) is 12.1 Å². The van der Waals surface area contributed by atoms with Gasteiger partial charge in [0.2, 0.25) is 0 Å². The highest BCUT2D eigenvalue weighted by Gasteiger charge is 2.28. The molecule has 0 saturated carbocycles. The van der Waals surface area contributed by atoms with E-state index in [1.54, 1.807) is 12.1 Å². The quantitative estimate of drug-likeness (QED) is 0.622. The Hall–Kier alpha value is -2.62. The zero-order chi connectivity index (χ0) is 20.5. The highest BCUT2D eigenvalue weighted by atomic mass is 79.9. The van der Waals surface area contributed by atoms with Crippen LogP contribution in [0.3, 0.4) is 0 Å². The summed E-state index contributed by atoms with van der Waals surface area (Å²) in [6.07, 6.45) is -2.05. The summed E-state index contributed by atoms with van der Waals surface area (Å²) in [6.45, 7) is 3.23. The summed E-state index contributed by atoms with van der Waals surface area (Å²) in [5, 5.41) is 10.6. The molecule has 1 amide bonds. The Morgan fingerprint density at radius 1 is 1.21 bits per heavy atom. The second-order valence-corrected chi connectivity index (χ2v) is 7.13. The van der Waals surface area contributed by atoms with Crippen molar-refractivity contribution in [1.82, 2.24) is 19.6 Å². The third kappa shape index (κ3) is 4.80. The van der Waals surface area contributed by atoms with E-state index in [1.807, 2.05) is 30.7 Å². The minimum absolute atomic E-state index is 0.200. The second kappa shape index (κ2) is 7.78. The van der Waals surface area contributed by atoms with Gasteiger partial charge < -0.3 is 5.32 Å².